The molecule has 4 nitrogen and oxygen atoms in total. The zero-order valence-corrected chi connectivity index (χ0v) is 7.45. The van der Waals surface area contributed by atoms with Gasteiger partial charge < -0.3 is 10.2 Å². The number of hydrogen-bond acceptors (Lipinski definition) is 4. The summed E-state index contributed by atoms with van der Waals surface area (Å²) < 4.78 is 0. The van der Waals surface area contributed by atoms with Crippen LogP contribution in [0.1, 0.15) is 0 Å². The number of β-amino-alcohol motifs (C(OH)–C–C–N with tert-alkyl or cyclic N) is 2. The molecule has 0 atom stereocenters. The van der Waals surface area contributed by atoms with Crippen LogP contribution in [0.3, 0.4) is 0 Å². The van der Waals surface area contributed by atoms with Crippen LogP contribution in [0.2, 0.25) is 0 Å². The maximum absolute atomic E-state index is 8.24. The predicted octanol–water partition coefficient (Wildman–Crippen LogP) is -1.41. The molecule has 2 aliphatic rings. The largest absolute Gasteiger partial charge is 0.395 e. The first-order chi connectivity index (χ1) is 5.86. The third-order valence-corrected chi connectivity index (χ3v) is 1.91. The Labute approximate surface area is 73.4 Å². The Balaban J connectivity index is 0.000000120. The van der Waals surface area contributed by atoms with E-state index in [1.165, 1.54) is 26.2 Å². The van der Waals surface area contributed by atoms with Gasteiger partial charge in [0.25, 0.3) is 0 Å². The van der Waals surface area contributed by atoms with E-state index < -0.39 is 0 Å². The zero-order valence-electron chi connectivity index (χ0n) is 7.45. The summed E-state index contributed by atoms with van der Waals surface area (Å²) in [7, 11) is 0. The summed E-state index contributed by atoms with van der Waals surface area (Å²) >= 11 is 0. The molecule has 12 heavy (non-hydrogen) atoms. The standard InChI is InChI=1S/2C4H9NO/c2*6-4-3-5-1-2-5/h2*6H,1-4H2. The fraction of sp³-hybridized carbons (Fsp3) is 1.00. The van der Waals surface area contributed by atoms with Gasteiger partial charge in [-0.2, -0.15) is 0 Å². The highest BCUT2D eigenvalue weighted by Crippen LogP contribution is 1.99. The Morgan fingerprint density at radius 1 is 0.750 bits per heavy atom. The Morgan fingerprint density at radius 2 is 1.08 bits per heavy atom. The highest BCUT2D eigenvalue weighted by Gasteiger charge is 2.14. The van der Waals surface area contributed by atoms with Crippen molar-refractivity contribution in [2.24, 2.45) is 0 Å². The van der Waals surface area contributed by atoms with Crippen LogP contribution in [0.4, 0.5) is 0 Å². The molecular formula is C8H18N2O2. The third-order valence-electron chi connectivity index (χ3n) is 1.91. The first-order valence-corrected chi connectivity index (χ1v) is 4.53. The fourth-order valence-corrected chi connectivity index (χ4v) is 0.871. The maximum atomic E-state index is 8.24. The number of aliphatic hydroxyl groups excluding tert-OH is 2. The SMILES string of the molecule is OCCN1CC1.OCCN1CC1. The van der Waals surface area contributed by atoms with E-state index >= 15 is 0 Å². The van der Waals surface area contributed by atoms with Crippen molar-refractivity contribution in [2.45, 2.75) is 0 Å². The lowest BCUT2D eigenvalue weighted by Crippen LogP contribution is -2.02. The van der Waals surface area contributed by atoms with Crippen LogP contribution in [0.5, 0.6) is 0 Å². The quantitative estimate of drug-likeness (QED) is 0.514. The van der Waals surface area contributed by atoms with Crippen molar-refractivity contribution in [2.75, 3.05) is 52.5 Å². The van der Waals surface area contributed by atoms with Crippen LogP contribution in [-0.2, 0) is 0 Å². The van der Waals surface area contributed by atoms with Crippen molar-refractivity contribution in [3.63, 3.8) is 0 Å². The molecule has 0 aromatic carbocycles. The third kappa shape index (κ3) is 5.49. The molecule has 0 bridgehead atoms. The van der Waals surface area contributed by atoms with Crippen molar-refractivity contribution >= 4 is 0 Å². The Kier molecular flexibility index (Phi) is 4.53. The van der Waals surface area contributed by atoms with Crippen molar-refractivity contribution in [3.8, 4) is 0 Å². The molecule has 0 radical (unpaired) electrons. The lowest BCUT2D eigenvalue weighted by Gasteiger charge is -1.88. The minimum atomic E-state index is 0.319. The second-order valence-electron chi connectivity index (χ2n) is 3.13. The van der Waals surface area contributed by atoms with E-state index in [9.17, 15) is 0 Å². The maximum Gasteiger partial charge on any atom is 0.0558 e. The van der Waals surface area contributed by atoms with Crippen LogP contribution in [-0.4, -0.2) is 72.5 Å². The van der Waals surface area contributed by atoms with Crippen molar-refractivity contribution < 1.29 is 10.2 Å². The summed E-state index contributed by atoms with van der Waals surface area (Å²) in [4.78, 5) is 4.36. The molecule has 0 unspecified atom stereocenters. The topological polar surface area (TPSA) is 46.5 Å². The summed E-state index contributed by atoms with van der Waals surface area (Å²) in [6, 6.07) is 0. The first kappa shape index (κ1) is 9.92. The summed E-state index contributed by atoms with van der Waals surface area (Å²) in [5, 5.41) is 16.5. The van der Waals surface area contributed by atoms with Crippen LogP contribution in [0.15, 0.2) is 0 Å². The second kappa shape index (κ2) is 5.48. The van der Waals surface area contributed by atoms with Gasteiger partial charge in [0.15, 0.2) is 0 Å². The first-order valence-electron chi connectivity index (χ1n) is 4.53. The smallest absolute Gasteiger partial charge is 0.0558 e. The van der Waals surface area contributed by atoms with Crippen molar-refractivity contribution in [1.29, 1.82) is 0 Å². The van der Waals surface area contributed by atoms with Crippen LogP contribution < -0.4 is 0 Å². The Hall–Kier alpha value is -0.160. The molecule has 2 saturated heterocycles. The molecule has 0 aliphatic carbocycles. The monoisotopic (exact) mass is 174 g/mol. The highest BCUT2D eigenvalue weighted by atomic mass is 16.3. The van der Waals surface area contributed by atoms with Gasteiger partial charge in [-0.25, -0.2) is 0 Å². The fourth-order valence-electron chi connectivity index (χ4n) is 0.871. The van der Waals surface area contributed by atoms with E-state index in [-0.39, 0.29) is 0 Å². The van der Waals surface area contributed by atoms with Gasteiger partial charge in [0.2, 0.25) is 0 Å². The molecule has 0 spiro atoms. The predicted molar refractivity (Wildman–Crippen MR) is 47.1 cm³/mol. The van der Waals surface area contributed by atoms with E-state index in [0.29, 0.717) is 13.2 Å². The van der Waals surface area contributed by atoms with Gasteiger partial charge in [-0.05, 0) is 0 Å². The minimum absolute atomic E-state index is 0.319. The van der Waals surface area contributed by atoms with E-state index in [4.69, 9.17) is 10.2 Å². The highest BCUT2D eigenvalue weighted by molar-refractivity contribution is 4.70. The van der Waals surface area contributed by atoms with Crippen LogP contribution in [0, 0.1) is 0 Å². The molecule has 2 aliphatic heterocycles. The number of nitrogens with zero attached hydrogens (tertiary/aromatic N) is 2. The van der Waals surface area contributed by atoms with E-state index in [1.54, 1.807) is 0 Å². The molecule has 2 N–H and O–H groups in total. The molecular weight excluding hydrogens is 156 g/mol. The molecule has 72 valence electrons. The Bertz CT molecular complexity index is 99.6. The van der Waals surface area contributed by atoms with Gasteiger partial charge >= 0.3 is 0 Å². The number of hydrogen-bond donors (Lipinski definition) is 2. The lowest BCUT2D eigenvalue weighted by molar-refractivity contribution is 0.270. The van der Waals surface area contributed by atoms with Crippen molar-refractivity contribution in [1.82, 2.24) is 9.80 Å². The van der Waals surface area contributed by atoms with Crippen LogP contribution in [0.25, 0.3) is 0 Å². The summed E-state index contributed by atoms with van der Waals surface area (Å²) in [6.07, 6.45) is 0. The second-order valence-corrected chi connectivity index (χ2v) is 3.13. The number of rotatable bonds is 4. The molecule has 0 aromatic heterocycles. The molecule has 2 heterocycles. The van der Waals surface area contributed by atoms with E-state index in [0.717, 1.165) is 13.1 Å². The zero-order chi connectivity index (χ0) is 8.81. The molecule has 0 aromatic rings. The van der Waals surface area contributed by atoms with E-state index in [1.807, 2.05) is 0 Å². The van der Waals surface area contributed by atoms with Gasteiger partial charge in [-0.15, -0.1) is 0 Å². The van der Waals surface area contributed by atoms with Gasteiger partial charge in [0.05, 0.1) is 13.2 Å². The molecule has 0 saturated carbocycles. The van der Waals surface area contributed by atoms with Crippen LogP contribution >= 0.6 is 0 Å². The lowest BCUT2D eigenvalue weighted by atomic mass is 10.7. The summed E-state index contributed by atoms with van der Waals surface area (Å²) in [6.45, 7) is 7.17. The molecule has 0 amide bonds. The average molecular weight is 174 g/mol. The molecule has 2 rings (SSSR count). The van der Waals surface area contributed by atoms with E-state index in [2.05, 4.69) is 9.80 Å². The summed E-state index contributed by atoms with van der Waals surface area (Å²) in [5.74, 6) is 0. The normalized spacial score (nSPS) is 21.5. The van der Waals surface area contributed by atoms with Gasteiger partial charge in [0, 0.05) is 39.3 Å². The van der Waals surface area contributed by atoms with Gasteiger partial charge in [0.1, 0.15) is 0 Å². The average Bonchev–Trinajstić information content (AvgIpc) is 2.81. The van der Waals surface area contributed by atoms with Gasteiger partial charge in [-0.1, -0.05) is 0 Å². The summed E-state index contributed by atoms with van der Waals surface area (Å²) in [5.41, 5.74) is 0. The minimum Gasteiger partial charge on any atom is -0.395 e. The number of aliphatic hydroxyl groups is 2. The molecule has 4 heteroatoms. The van der Waals surface area contributed by atoms with Crippen molar-refractivity contribution in [3.05, 3.63) is 0 Å². The molecule has 2 fully saturated rings. The van der Waals surface area contributed by atoms with Gasteiger partial charge in [-0.3, -0.25) is 9.80 Å². The Morgan fingerprint density at radius 3 is 1.17 bits per heavy atom.